The van der Waals surface area contributed by atoms with E-state index in [0.717, 1.165) is 17.0 Å². The Hall–Kier alpha value is -2.76. The van der Waals surface area contributed by atoms with Gasteiger partial charge < -0.3 is 20.7 Å². The monoisotopic (exact) mass is 316 g/mol. The van der Waals surface area contributed by atoms with Gasteiger partial charge in [0.2, 0.25) is 0 Å². The van der Waals surface area contributed by atoms with Gasteiger partial charge in [0.05, 0.1) is 19.3 Å². The van der Waals surface area contributed by atoms with Gasteiger partial charge in [-0.05, 0) is 42.0 Å². The summed E-state index contributed by atoms with van der Waals surface area (Å²) in [5.74, 6) is 0.763. The summed E-state index contributed by atoms with van der Waals surface area (Å²) in [6.07, 6.45) is 0. The number of nitrogens with zero attached hydrogens (tertiary/aromatic N) is 2. The first-order valence-electron chi connectivity index (χ1n) is 7.16. The molecule has 0 unspecified atom stereocenters. The first kappa shape index (κ1) is 16.6. The second-order valence-corrected chi connectivity index (χ2v) is 5.24. The minimum atomic E-state index is -0.274. The first-order chi connectivity index (χ1) is 11.0. The van der Waals surface area contributed by atoms with Crippen molar-refractivity contribution in [2.45, 2.75) is 6.54 Å². The van der Waals surface area contributed by atoms with Crippen LogP contribution in [0.5, 0.6) is 5.75 Å². The molecule has 0 fully saturated rings. The van der Waals surface area contributed by atoms with Gasteiger partial charge in [-0.15, -0.1) is 0 Å². The number of nitrogens with one attached hydrogen (secondary N) is 1. The molecule has 0 aliphatic carbocycles. The third-order valence-corrected chi connectivity index (χ3v) is 3.29. The maximum Gasteiger partial charge on any atom is 0.193 e. The summed E-state index contributed by atoms with van der Waals surface area (Å²) >= 11 is 0. The number of hydrogen-bond donors (Lipinski definition) is 2. The number of methoxy groups -OCH3 is 1. The number of benzene rings is 2. The van der Waals surface area contributed by atoms with Crippen molar-refractivity contribution in [3.63, 3.8) is 0 Å². The molecule has 0 heterocycles. The molecule has 6 heteroatoms. The first-order valence-corrected chi connectivity index (χ1v) is 7.16. The Morgan fingerprint density at radius 1 is 1.22 bits per heavy atom. The van der Waals surface area contributed by atoms with Gasteiger partial charge >= 0.3 is 0 Å². The molecule has 5 nitrogen and oxygen atoms in total. The highest BCUT2D eigenvalue weighted by molar-refractivity contribution is 5.92. The van der Waals surface area contributed by atoms with E-state index in [-0.39, 0.29) is 11.8 Å². The standard InChI is InChI=1S/C17H21FN4O/c1-22(2)16-9-4-12(10-15(16)18)11-20-17(19)21-13-5-7-14(23-3)8-6-13/h4-10H,11H2,1-3H3,(H3,19,20,21). The molecule has 0 aliphatic heterocycles. The Balaban J connectivity index is 1.99. The number of guanidine groups is 1. The molecule has 0 bridgehead atoms. The van der Waals surface area contributed by atoms with E-state index in [4.69, 9.17) is 10.5 Å². The lowest BCUT2D eigenvalue weighted by atomic mass is 10.2. The summed E-state index contributed by atoms with van der Waals surface area (Å²) in [6, 6.07) is 12.4. The fourth-order valence-electron chi connectivity index (χ4n) is 2.05. The summed E-state index contributed by atoms with van der Waals surface area (Å²) in [6.45, 7) is 0.305. The van der Waals surface area contributed by atoms with E-state index in [9.17, 15) is 4.39 Å². The van der Waals surface area contributed by atoms with Gasteiger partial charge in [0, 0.05) is 19.8 Å². The largest absolute Gasteiger partial charge is 0.497 e. The Labute approximate surface area is 135 Å². The van der Waals surface area contributed by atoms with Crippen LogP contribution in [0, 0.1) is 5.82 Å². The van der Waals surface area contributed by atoms with Crippen LogP contribution in [0.3, 0.4) is 0 Å². The fraction of sp³-hybridized carbons (Fsp3) is 0.235. The van der Waals surface area contributed by atoms with Crippen LogP contribution in [-0.2, 0) is 6.54 Å². The molecule has 0 aromatic heterocycles. The number of halogens is 1. The van der Waals surface area contributed by atoms with Gasteiger partial charge in [0.15, 0.2) is 5.96 Å². The molecule has 2 aromatic rings. The predicted octanol–water partition coefficient (Wildman–Crippen LogP) is 2.83. The number of aliphatic imine (C=N–C) groups is 1. The lowest BCUT2D eigenvalue weighted by molar-refractivity contribution is 0.415. The molecule has 0 saturated carbocycles. The maximum absolute atomic E-state index is 13.9. The second-order valence-electron chi connectivity index (χ2n) is 5.24. The maximum atomic E-state index is 13.9. The zero-order chi connectivity index (χ0) is 16.8. The number of anilines is 2. The van der Waals surface area contributed by atoms with Crippen molar-refractivity contribution in [2.75, 3.05) is 31.4 Å². The van der Waals surface area contributed by atoms with E-state index < -0.39 is 0 Å². The summed E-state index contributed by atoms with van der Waals surface area (Å²) in [5.41, 5.74) is 7.95. The van der Waals surface area contributed by atoms with E-state index in [0.29, 0.717) is 12.2 Å². The SMILES string of the molecule is COc1ccc(NC(N)=NCc2ccc(N(C)C)c(F)c2)cc1. The van der Waals surface area contributed by atoms with Gasteiger partial charge in [0.25, 0.3) is 0 Å². The van der Waals surface area contributed by atoms with Gasteiger partial charge in [-0.25, -0.2) is 9.38 Å². The number of hydrogen-bond acceptors (Lipinski definition) is 3. The molecule has 0 aliphatic rings. The van der Waals surface area contributed by atoms with Crippen molar-refractivity contribution in [3.8, 4) is 5.75 Å². The van der Waals surface area contributed by atoms with Gasteiger partial charge in [0.1, 0.15) is 11.6 Å². The molecule has 2 rings (SSSR count). The summed E-state index contributed by atoms with van der Waals surface area (Å²) in [4.78, 5) is 5.94. The molecule has 0 atom stereocenters. The second kappa shape index (κ2) is 7.49. The van der Waals surface area contributed by atoms with Crippen molar-refractivity contribution in [1.29, 1.82) is 0 Å². The average molecular weight is 316 g/mol. The van der Waals surface area contributed by atoms with Crippen LogP contribution in [0.4, 0.5) is 15.8 Å². The van der Waals surface area contributed by atoms with Crippen LogP contribution < -0.4 is 20.7 Å². The van der Waals surface area contributed by atoms with Gasteiger partial charge in [-0.2, -0.15) is 0 Å². The number of ether oxygens (including phenoxy) is 1. The van der Waals surface area contributed by atoms with E-state index in [2.05, 4.69) is 10.3 Å². The quantitative estimate of drug-likeness (QED) is 0.658. The minimum absolute atomic E-state index is 0.271. The Morgan fingerprint density at radius 2 is 1.91 bits per heavy atom. The lowest BCUT2D eigenvalue weighted by Gasteiger charge is -2.13. The molecule has 0 spiro atoms. The van der Waals surface area contributed by atoms with Crippen molar-refractivity contribution in [2.24, 2.45) is 10.7 Å². The van der Waals surface area contributed by atoms with Gasteiger partial charge in [-0.3, -0.25) is 0 Å². The molecule has 0 saturated heterocycles. The van der Waals surface area contributed by atoms with Crippen LogP contribution in [0.15, 0.2) is 47.5 Å². The molecular weight excluding hydrogens is 295 g/mol. The molecule has 122 valence electrons. The van der Waals surface area contributed by atoms with E-state index in [1.54, 1.807) is 32.2 Å². The third-order valence-electron chi connectivity index (χ3n) is 3.29. The van der Waals surface area contributed by atoms with Gasteiger partial charge in [-0.1, -0.05) is 6.07 Å². The third kappa shape index (κ3) is 4.60. The zero-order valence-corrected chi connectivity index (χ0v) is 13.5. The fourth-order valence-corrected chi connectivity index (χ4v) is 2.05. The Bertz CT molecular complexity index is 683. The summed E-state index contributed by atoms with van der Waals surface area (Å²) in [5, 5.41) is 2.98. The van der Waals surface area contributed by atoms with Crippen molar-refractivity contribution >= 4 is 17.3 Å². The smallest absolute Gasteiger partial charge is 0.193 e. The summed E-state index contributed by atoms with van der Waals surface area (Å²) in [7, 11) is 5.21. The number of rotatable bonds is 5. The van der Waals surface area contributed by atoms with Crippen molar-refractivity contribution in [1.82, 2.24) is 0 Å². The lowest BCUT2D eigenvalue weighted by Crippen LogP contribution is -2.22. The topological polar surface area (TPSA) is 62.9 Å². The van der Waals surface area contributed by atoms with E-state index in [1.165, 1.54) is 6.07 Å². The molecule has 3 N–H and O–H groups in total. The molecule has 0 radical (unpaired) electrons. The predicted molar refractivity (Wildman–Crippen MR) is 92.7 cm³/mol. The molecule has 23 heavy (non-hydrogen) atoms. The highest BCUT2D eigenvalue weighted by Crippen LogP contribution is 2.19. The molecular formula is C17H21FN4O. The number of nitrogens with two attached hydrogens (primary N) is 1. The molecule has 0 amide bonds. The Morgan fingerprint density at radius 3 is 2.48 bits per heavy atom. The van der Waals surface area contributed by atoms with Crippen molar-refractivity contribution in [3.05, 3.63) is 53.8 Å². The highest BCUT2D eigenvalue weighted by atomic mass is 19.1. The van der Waals surface area contributed by atoms with Crippen LogP contribution in [-0.4, -0.2) is 27.2 Å². The normalized spacial score (nSPS) is 11.2. The molecule has 2 aromatic carbocycles. The van der Waals surface area contributed by atoms with Crippen LogP contribution in [0.2, 0.25) is 0 Å². The Kier molecular flexibility index (Phi) is 5.41. The minimum Gasteiger partial charge on any atom is -0.497 e. The van der Waals surface area contributed by atoms with E-state index in [1.807, 2.05) is 30.3 Å². The van der Waals surface area contributed by atoms with Crippen LogP contribution >= 0.6 is 0 Å². The van der Waals surface area contributed by atoms with E-state index >= 15 is 0 Å². The van der Waals surface area contributed by atoms with Crippen molar-refractivity contribution < 1.29 is 9.13 Å². The van der Waals surface area contributed by atoms with Crippen LogP contribution in [0.25, 0.3) is 0 Å². The summed E-state index contributed by atoms with van der Waals surface area (Å²) < 4.78 is 19.0. The highest BCUT2D eigenvalue weighted by Gasteiger charge is 2.05. The van der Waals surface area contributed by atoms with Crippen LogP contribution in [0.1, 0.15) is 5.56 Å². The zero-order valence-electron chi connectivity index (χ0n) is 13.5. The average Bonchev–Trinajstić information content (AvgIpc) is 2.53.